The van der Waals surface area contributed by atoms with Crippen molar-refractivity contribution >= 4 is 51.6 Å². The van der Waals surface area contributed by atoms with Gasteiger partial charge in [-0.3, -0.25) is 4.79 Å². The lowest BCUT2D eigenvalue weighted by atomic mass is 10.2. The fourth-order valence-corrected chi connectivity index (χ4v) is 4.98. The van der Waals surface area contributed by atoms with Crippen LogP contribution in [-0.2, 0) is 0 Å². The zero-order chi connectivity index (χ0) is 24.6. The van der Waals surface area contributed by atoms with Crippen LogP contribution in [0.15, 0.2) is 72.8 Å². The van der Waals surface area contributed by atoms with Crippen LogP contribution in [0, 0.1) is 0 Å². The molecule has 1 aliphatic rings. The second-order valence-corrected chi connectivity index (χ2v) is 9.55. The van der Waals surface area contributed by atoms with E-state index in [1.54, 1.807) is 18.2 Å². The van der Waals surface area contributed by atoms with Gasteiger partial charge in [-0.25, -0.2) is 9.38 Å². The largest absolute Gasteiger partial charge is 0.340 e. The second-order valence-electron chi connectivity index (χ2n) is 8.74. The Hall–Kier alpha value is -3.68. The van der Waals surface area contributed by atoms with Gasteiger partial charge in [-0.1, -0.05) is 65.7 Å². The number of rotatable bonds is 3. The highest BCUT2D eigenvalue weighted by molar-refractivity contribution is 6.42. The van der Waals surface area contributed by atoms with Crippen LogP contribution in [0.3, 0.4) is 0 Å². The van der Waals surface area contributed by atoms with E-state index in [9.17, 15) is 4.79 Å². The molecular weight excluding hydrogens is 495 g/mol. The minimum absolute atomic E-state index is 0.0543. The van der Waals surface area contributed by atoms with Gasteiger partial charge in [0.05, 0.1) is 15.6 Å². The third-order valence-corrected chi connectivity index (χ3v) is 7.23. The molecule has 0 atom stereocenters. The molecule has 3 aromatic carbocycles. The molecule has 3 heterocycles. The monoisotopic (exact) mass is 516 g/mol. The first kappa shape index (κ1) is 22.8. The maximum Gasteiger partial charge on any atom is 0.253 e. The number of anilines is 1. The summed E-state index contributed by atoms with van der Waals surface area (Å²) in [6.07, 6.45) is 0.797. The van der Waals surface area contributed by atoms with Crippen LogP contribution < -0.4 is 4.90 Å². The number of fused-ring (bicyclic) bond motifs is 3. The van der Waals surface area contributed by atoms with Gasteiger partial charge in [-0.2, -0.15) is 0 Å². The van der Waals surface area contributed by atoms with Crippen molar-refractivity contribution in [2.45, 2.75) is 6.42 Å². The minimum Gasteiger partial charge on any atom is -0.340 e. The van der Waals surface area contributed by atoms with Crippen LogP contribution in [-0.4, -0.2) is 56.6 Å². The fraction of sp³-hybridized carbons (Fsp3) is 0.185. The lowest BCUT2D eigenvalue weighted by molar-refractivity contribution is 0.0767. The molecule has 1 aliphatic heterocycles. The first-order valence-electron chi connectivity index (χ1n) is 11.8. The van der Waals surface area contributed by atoms with E-state index in [2.05, 4.69) is 15.1 Å². The standard InChI is InChI=1S/C27H22Cl2N6O/c28-21-12-11-19(17-22(21)29)26(36)33-13-6-14-34(16-15-33)27-30-23-10-5-4-9-20(23)25-32-31-24(35(25)27)18-7-2-1-3-8-18/h1-5,7-12,17H,6,13-16H2. The molecule has 1 amide bonds. The minimum atomic E-state index is -0.0543. The molecule has 2 aromatic heterocycles. The predicted octanol–water partition coefficient (Wildman–Crippen LogP) is 5.60. The Kier molecular flexibility index (Phi) is 5.95. The van der Waals surface area contributed by atoms with Gasteiger partial charge < -0.3 is 9.80 Å². The highest BCUT2D eigenvalue weighted by atomic mass is 35.5. The molecule has 0 N–H and O–H groups in total. The molecule has 5 aromatic rings. The Balaban J connectivity index is 1.38. The van der Waals surface area contributed by atoms with Gasteiger partial charge in [0.1, 0.15) is 0 Å². The number of halogens is 2. The summed E-state index contributed by atoms with van der Waals surface area (Å²) in [4.78, 5) is 22.3. The van der Waals surface area contributed by atoms with E-state index in [0.29, 0.717) is 35.2 Å². The van der Waals surface area contributed by atoms with Crippen LogP contribution in [0.4, 0.5) is 5.95 Å². The summed E-state index contributed by atoms with van der Waals surface area (Å²) in [6.45, 7) is 2.57. The molecule has 7 nitrogen and oxygen atoms in total. The number of amides is 1. The summed E-state index contributed by atoms with van der Waals surface area (Å²) in [6, 6.07) is 23.0. The average molecular weight is 517 g/mol. The summed E-state index contributed by atoms with van der Waals surface area (Å²) in [5.41, 5.74) is 3.13. The number of nitrogens with zero attached hydrogens (tertiary/aromatic N) is 6. The lowest BCUT2D eigenvalue weighted by Gasteiger charge is -2.24. The summed E-state index contributed by atoms with van der Waals surface area (Å²) in [5, 5.41) is 10.9. The molecule has 0 bridgehead atoms. The highest BCUT2D eigenvalue weighted by Gasteiger charge is 2.25. The highest BCUT2D eigenvalue weighted by Crippen LogP contribution is 2.29. The van der Waals surface area contributed by atoms with E-state index < -0.39 is 0 Å². The molecular formula is C27H22Cl2N6O. The number of hydrogen-bond acceptors (Lipinski definition) is 5. The molecule has 6 rings (SSSR count). The van der Waals surface area contributed by atoms with Gasteiger partial charge in [0.25, 0.3) is 5.91 Å². The van der Waals surface area contributed by atoms with Gasteiger partial charge in [0.15, 0.2) is 11.5 Å². The van der Waals surface area contributed by atoms with E-state index in [4.69, 9.17) is 28.2 Å². The molecule has 0 aliphatic carbocycles. The molecule has 180 valence electrons. The van der Waals surface area contributed by atoms with Gasteiger partial charge in [0.2, 0.25) is 5.95 Å². The van der Waals surface area contributed by atoms with Gasteiger partial charge in [-0.15, -0.1) is 10.2 Å². The quantitative estimate of drug-likeness (QED) is 0.312. The van der Waals surface area contributed by atoms with Crippen molar-refractivity contribution in [2.24, 2.45) is 0 Å². The Morgan fingerprint density at radius 1 is 0.806 bits per heavy atom. The Morgan fingerprint density at radius 2 is 1.61 bits per heavy atom. The summed E-state index contributed by atoms with van der Waals surface area (Å²) in [7, 11) is 0. The number of aromatic nitrogens is 4. The lowest BCUT2D eigenvalue weighted by Crippen LogP contribution is -2.36. The van der Waals surface area contributed by atoms with Crippen LogP contribution in [0.1, 0.15) is 16.8 Å². The topological polar surface area (TPSA) is 66.6 Å². The van der Waals surface area contributed by atoms with Crippen LogP contribution >= 0.6 is 23.2 Å². The first-order valence-corrected chi connectivity index (χ1v) is 12.5. The van der Waals surface area contributed by atoms with E-state index in [1.165, 1.54) is 0 Å². The molecule has 0 radical (unpaired) electrons. The maximum atomic E-state index is 13.2. The van der Waals surface area contributed by atoms with Crippen molar-refractivity contribution in [3.8, 4) is 11.4 Å². The third kappa shape index (κ3) is 4.04. The van der Waals surface area contributed by atoms with Crippen molar-refractivity contribution < 1.29 is 4.79 Å². The molecule has 0 unspecified atom stereocenters. The maximum absolute atomic E-state index is 13.2. The van der Waals surface area contributed by atoms with Crippen LogP contribution in [0.5, 0.6) is 0 Å². The zero-order valence-corrected chi connectivity index (χ0v) is 20.8. The van der Waals surface area contributed by atoms with E-state index >= 15 is 0 Å². The summed E-state index contributed by atoms with van der Waals surface area (Å²) >= 11 is 12.2. The van der Waals surface area contributed by atoms with Crippen molar-refractivity contribution in [3.05, 3.63) is 88.4 Å². The SMILES string of the molecule is O=C(c1ccc(Cl)c(Cl)c1)N1CCCN(c2nc3ccccc3c3nnc(-c4ccccc4)n23)CC1. The van der Waals surface area contributed by atoms with Crippen LogP contribution in [0.2, 0.25) is 10.0 Å². The Morgan fingerprint density at radius 3 is 2.44 bits per heavy atom. The number of carbonyl (C=O) groups is 1. The average Bonchev–Trinajstić information content (AvgIpc) is 3.21. The van der Waals surface area contributed by atoms with Gasteiger partial charge in [0, 0.05) is 42.7 Å². The van der Waals surface area contributed by atoms with Crippen molar-refractivity contribution in [1.29, 1.82) is 0 Å². The number of benzene rings is 3. The fourth-order valence-electron chi connectivity index (χ4n) is 4.68. The molecule has 9 heteroatoms. The summed E-state index contributed by atoms with van der Waals surface area (Å²) in [5.74, 6) is 1.46. The zero-order valence-electron chi connectivity index (χ0n) is 19.3. The molecule has 1 saturated heterocycles. The normalized spacial score (nSPS) is 14.4. The Labute approximate surface area is 217 Å². The molecule has 0 saturated carbocycles. The number of carbonyl (C=O) groups excluding carboxylic acids is 1. The van der Waals surface area contributed by atoms with E-state index in [-0.39, 0.29) is 5.91 Å². The molecule has 36 heavy (non-hydrogen) atoms. The van der Waals surface area contributed by atoms with Gasteiger partial charge in [-0.05, 0) is 36.8 Å². The third-order valence-electron chi connectivity index (χ3n) is 6.49. The molecule has 1 fully saturated rings. The first-order chi connectivity index (χ1) is 17.6. The smallest absolute Gasteiger partial charge is 0.253 e. The number of hydrogen-bond donors (Lipinski definition) is 0. The number of para-hydroxylation sites is 1. The van der Waals surface area contributed by atoms with E-state index in [0.717, 1.165) is 46.9 Å². The summed E-state index contributed by atoms with van der Waals surface area (Å²) < 4.78 is 2.04. The second kappa shape index (κ2) is 9.41. The van der Waals surface area contributed by atoms with Crippen molar-refractivity contribution in [3.63, 3.8) is 0 Å². The predicted molar refractivity (Wildman–Crippen MR) is 143 cm³/mol. The van der Waals surface area contributed by atoms with E-state index in [1.807, 2.05) is 63.9 Å². The molecule has 0 spiro atoms. The van der Waals surface area contributed by atoms with Gasteiger partial charge >= 0.3 is 0 Å². The van der Waals surface area contributed by atoms with Crippen LogP contribution in [0.25, 0.3) is 27.9 Å². The van der Waals surface area contributed by atoms with Crippen molar-refractivity contribution in [1.82, 2.24) is 24.5 Å². The Bertz CT molecular complexity index is 1590. The van der Waals surface area contributed by atoms with Crippen molar-refractivity contribution in [2.75, 3.05) is 31.1 Å².